The summed E-state index contributed by atoms with van der Waals surface area (Å²) in [5, 5.41) is 75.3. The van der Waals surface area contributed by atoms with Crippen LogP contribution in [0, 0.1) is 0 Å². The normalized spacial score (nSPS) is 21.5. The summed E-state index contributed by atoms with van der Waals surface area (Å²) in [5.74, 6) is -0.699. The zero-order valence-corrected chi connectivity index (χ0v) is 39.2. The van der Waals surface area contributed by atoms with Gasteiger partial charge in [0.05, 0.1) is 25.4 Å². The van der Waals surface area contributed by atoms with E-state index in [1.807, 2.05) is 0 Å². The number of carbonyl (C=O) groups excluding carboxylic acids is 1. The van der Waals surface area contributed by atoms with Crippen molar-refractivity contribution >= 4 is 5.91 Å². The average Bonchev–Trinajstić information content (AvgIpc) is 3.26. The van der Waals surface area contributed by atoms with Gasteiger partial charge in [-0.25, -0.2) is 0 Å². The Morgan fingerprint density at radius 3 is 1.38 bits per heavy atom. The first-order valence-corrected chi connectivity index (χ1v) is 25.6. The number of amides is 1. The van der Waals surface area contributed by atoms with Crippen LogP contribution < -0.4 is 5.32 Å². The molecular weight excluding hydrogens is 775 g/mol. The van der Waals surface area contributed by atoms with Crippen LogP contribution in [0.2, 0.25) is 0 Å². The van der Waals surface area contributed by atoms with Crippen LogP contribution in [0.3, 0.4) is 0 Å². The van der Waals surface area contributed by atoms with E-state index >= 15 is 0 Å². The van der Waals surface area contributed by atoms with Crippen molar-refractivity contribution < 1.29 is 50.0 Å². The van der Waals surface area contributed by atoms with Crippen LogP contribution in [0.5, 0.6) is 0 Å². The number of ether oxygens (including phenoxy) is 2. The van der Waals surface area contributed by atoms with Gasteiger partial charge in [0.15, 0.2) is 6.29 Å². The van der Waals surface area contributed by atoms with Gasteiger partial charge >= 0.3 is 0 Å². The first kappa shape index (κ1) is 57.9. The first-order chi connectivity index (χ1) is 29.7. The molecule has 0 aromatic rings. The SMILES string of the molecule is CCCCCCCCCCCCCC/C=C\CCCCCCCCCCCCCCC(O)C(=O)NC(COC1OC(CO)C(O)C(O)C1O)C(O)C(O)CCCCCCCC. The molecule has 0 saturated carbocycles. The van der Waals surface area contributed by atoms with E-state index < -0.39 is 74.2 Å². The van der Waals surface area contributed by atoms with Gasteiger partial charge in [-0.15, -0.1) is 0 Å². The summed E-state index contributed by atoms with van der Waals surface area (Å²) in [6.07, 6.45) is 33.3. The van der Waals surface area contributed by atoms with Crippen molar-refractivity contribution in [2.75, 3.05) is 13.2 Å². The lowest BCUT2D eigenvalue weighted by Crippen LogP contribution is -2.60. The summed E-state index contributed by atoms with van der Waals surface area (Å²) < 4.78 is 11.0. The molecule has 1 amide bonds. The Bertz CT molecular complexity index is 1000. The van der Waals surface area contributed by atoms with Crippen LogP contribution in [0.15, 0.2) is 12.2 Å². The van der Waals surface area contributed by atoms with Crippen LogP contribution in [-0.4, -0.2) is 110 Å². The topological polar surface area (TPSA) is 189 Å². The lowest BCUT2D eigenvalue weighted by atomic mass is 9.98. The van der Waals surface area contributed by atoms with Crippen molar-refractivity contribution in [3.05, 3.63) is 12.2 Å². The quantitative estimate of drug-likeness (QED) is 0.0217. The monoisotopic (exact) mass is 872 g/mol. The highest BCUT2D eigenvalue weighted by atomic mass is 16.7. The van der Waals surface area contributed by atoms with E-state index in [-0.39, 0.29) is 6.42 Å². The molecule has 8 N–H and O–H groups in total. The van der Waals surface area contributed by atoms with Crippen LogP contribution in [0.25, 0.3) is 0 Å². The standard InChI is InChI=1S/C50H97NO10/c1-3-5-7-9-11-12-13-14-15-16-17-18-19-20-21-22-23-24-25-26-27-28-29-30-31-32-34-36-38-43(54)49(59)51-41(45(55)42(53)37-35-33-10-8-6-4-2)40-60-50-48(58)47(57)46(56)44(39-52)61-50/h20-21,41-48,50,52-58H,3-19,22-40H2,1-2H3,(H,51,59)/b21-20-. The minimum atomic E-state index is -1.66. The van der Waals surface area contributed by atoms with Crippen molar-refractivity contribution in [2.45, 2.75) is 287 Å². The fourth-order valence-electron chi connectivity index (χ4n) is 8.32. The molecule has 1 saturated heterocycles. The third-order valence-corrected chi connectivity index (χ3v) is 12.6. The number of aliphatic hydroxyl groups is 7. The summed E-state index contributed by atoms with van der Waals surface area (Å²) in [5.41, 5.74) is 0. The third kappa shape index (κ3) is 29.8. The number of allylic oxidation sites excluding steroid dienone is 2. The second-order valence-corrected chi connectivity index (χ2v) is 18.2. The van der Waals surface area contributed by atoms with Crippen LogP contribution in [-0.2, 0) is 14.3 Å². The molecule has 1 aliphatic rings. The minimum Gasteiger partial charge on any atom is -0.394 e. The number of hydrogen-bond acceptors (Lipinski definition) is 10. The van der Waals surface area contributed by atoms with Gasteiger partial charge in [-0.05, 0) is 38.5 Å². The van der Waals surface area contributed by atoms with Gasteiger partial charge in [0.2, 0.25) is 5.91 Å². The van der Waals surface area contributed by atoms with Crippen molar-refractivity contribution in [3.63, 3.8) is 0 Å². The summed E-state index contributed by atoms with van der Waals surface area (Å²) in [6, 6.07) is -1.16. The largest absolute Gasteiger partial charge is 0.394 e. The highest BCUT2D eigenvalue weighted by molar-refractivity contribution is 5.80. The summed E-state index contributed by atoms with van der Waals surface area (Å²) in [4.78, 5) is 13.0. The lowest BCUT2D eigenvalue weighted by Gasteiger charge is -2.40. The zero-order chi connectivity index (χ0) is 44.8. The first-order valence-electron chi connectivity index (χ1n) is 25.6. The number of nitrogens with one attached hydrogen (secondary N) is 1. The lowest BCUT2D eigenvalue weighted by molar-refractivity contribution is -0.303. The third-order valence-electron chi connectivity index (χ3n) is 12.6. The molecule has 1 rings (SSSR count). The van der Waals surface area contributed by atoms with Crippen LogP contribution in [0.4, 0.5) is 0 Å². The predicted octanol–water partition coefficient (Wildman–Crippen LogP) is 9.23. The molecule has 11 nitrogen and oxygen atoms in total. The Hall–Kier alpha value is -1.15. The Morgan fingerprint density at radius 2 is 0.951 bits per heavy atom. The molecule has 0 spiro atoms. The fraction of sp³-hybridized carbons (Fsp3) is 0.940. The van der Waals surface area contributed by atoms with E-state index in [9.17, 15) is 40.5 Å². The average molecular weight is 872 g/mol. The Morgan fingerprint density at radius 1 is 0.557 bits per heavy atom. The maximum atomic E-state index is 13.0. The number of aliphatic hydroxyl groups excluding tert-OH is 7. The van der Waals surface area contributed by atoms with Crippen molar-refractivity contribution in [2.24, 2.45) is 0 Å². The van der Waals surface area contributed by atoms with Gasteiger partial charge in [0, 0.05) is 0 Å². The van der Waals surface area contributed by atoms with E-state index in [1.54, 1.807) is 0 Å². The molecule has 9 unspecified atom stereocenters. The maximum Gasteiger partial charge on any atom is 0.249 e. The highest BCUT2D eigenvalue weighted by Crippen LogP contribution is 2.23. The van der Waals surface area contributed by atoms with Gasteiger partial charge in [-0.1, -0.05) is 206 Å². The molecule has 1 fully saturated rings. The van der Waals surface area contributed by atoms with Gasteiger partial charge in [-0.3, -0.25) is 4.79 Å². The molecule has 1 heterocycles. The summed E-state index contributed by atoms with van der Waals surface area (Å²) >= 11 is 0. The zero-order valence-electron chi connectivity index (χ0n) is 39.2. The van der Waals surface area contributed by atoms with Gasteiger partial charge in [0.25, 0.3) is 0 Å². The number of carbonyl (C=O) groups is 1. The molecular formula is C50H97NO10. The fourth-order valence-corrected chi connectivity index (χ4v) is 8.32. The Balaban J connectivity index is 2.18. The van der Waals surface area contributed by atoms with E-state index in [4.69, 9.17) is 9.47 Å². The van der Waals surface area contributed by atoms with Gasteiger partial charge < -0.3 is 50.5 Å². The summed E-state index contributed by atoms with van der Waals surface area (Å²) in [6.45, 7) is 3.37. The molecule has 0 aromatic carbocycles. The molecule has 11 heteroatoms. The second kappa shape index (κ2) is 40.4. The second-order valence-electron chi connectivity index (χ2n) is 18.2. The molecule has 61 heavy (non-hydrogen) atoms. The van der Waals surface area contributed by atoms with E-state index in [0.717, 1.165) is 51.4 Å². The van der Waals surface area contributed by atoms with Crippen molar-refractivity contribution in [1.82, 2.24) is 5.32 Å². The highest BCUT2D eigenvalue weighted by Gasteiger charge is 2.44. The predicted molar refractivity (Wildman–Crippen MR) is 247 cm³/mol. The minimum absolute atomic E-state index is 0.262. The Kier molecular flexibility index (Phi) is 38.3. The number of hydrogen-bond donors (Lipinski definition) is 8. The van der Waals surface area contributed by atoms with Crippen LogP contribution in [0.1, 0.15) is 232 Å². The van der Waals surface area contributed by atoms with Crippen molar-refractivity contribution in [1.29, 1.82) is 0 Å². The smallest absolute Gasteiger partial charge is 0.249 e. The summed E-state index contributed by atoms with van der Waals surface area (Å²) in [7, 11) is 0. The van der Waals surface area contributed by atoms with Crippen molar-refractivity contribution in [3.8, 4) is 0 Å². The van der Waals surface area contributed by atoms with E-state index in [0.29, 0.717) is 19.3 Å². The molecule has 0 radical (unpaired) electrons. The Labute approximate surface area is 372 Å². The molecule has 1 aliphatic heterocycles. The molecule has 362 valence electrons. The number of unbranched alkanes of at least 4 members (excludes halogenated alkanes) is 29. The molecule has 9 atom stereocenters. The van der Waals surface area contributed by atoms with Gasteiger partial charge in [0.1, 0.15) is 36.6 Å². The molecule has 0 aliphatic carbocycles. The van der Waals surface area contributed by atoms with Crippen LogP contribution >= 0.6 is 0 Å². The number of rotatable bonds is 43. The van der Waals surface area contributed by atoms with Gasteiger partial charge in [-0.2, -0.15) is 0 Å². The van der Waals surface area contributed by atoms with E-state index in [1.165, 1.54) is 141 Å². The maximum absolute atomic E-state index is 13.0. The van der Waals surface area contributed by atoms with E-state index in [2.05, 4.69) is 31.3 Å². The molecule has 0 bridgehead atoms. The molecule has 0 aromatic heterocycles.